The Balaban J connectivity index is 1.96. The van der Waals surface area contributed by atoms with Crippen LogP contribution >= 0.6 is 0 Å². The van der Waals surface area contributed by atoms with E-state index in [4.69, 9.17) is 0 Å². The molecule has 2 aliphatic heterocycles. The van der Waals surface area contributed by atoms with E-state index in [1.807, 2.05) is 19.9 Å². The second-order valence-corrected chi connectivity index (χ2v) is 6.15. The van der Waals surface area contributed by atoms with Crippen molar-refractivity contribution in [3.63, 3.8) is 0 Å². The van der Waals surface area contributed by atoms with E-state index in [1.165, 1.54) is 0 Å². The summed E-state index contributed by atoms with van der Waals surface area (Å²) in [5.74, 6) is -0.884. The van der Waals surface area contributed by atoms with E-state index in [1.54, 1.807) is 17.2 Å². The Labute approximate surface area is 124 Å². The third kappa shape index (κ3) is 1.87. The van der Waals surface area contributed by atoms with E-state index < -0.39 is 11.4 Å². The summed E-state index contributed by atoms with van der Waals surface area (Å²) in [5, 5.41) is 9.66. The Kier molecular flexibility index (Phi) is 3.23. The zero-order valence-electron chi connectivity index (χ0n) is 12.4. The Bertz CT molecular complexity index is 601. The summed E-state index contributed by atoms with van der Waals surface area (Å²) in [6.45, 7) is 3.77. The Morgan fingerprint density at radius 3 is 2.81 bits per heavy atom. The molecule has 1 amide bonds. The predicted molar refractivity (Wildman–Crippen MR) is 76.9 cm³/mol. The maximum absolute atomic E-state index is 12.8. The van der Waals surface area contributed by atoms with Gasteiger partial charge in [0.2, 0.25) is 0 Å². The van der Waals surface area contributed by atoms with Gasteiger partial charge >= 0.3 is 5.97 Å². The number of carbonyl (C=O) groups excluding carboxylic acids is 1. The van der Waals surface area contributed by atoms with Crippen LogP contribution in [0.25, 0.3) is 0 Å². The lowest BCUT2D eigenvalue weighted by Gasteiger charge is -2.32. The van der Waals surface area contributed by atoms with Gasteiger partial charge in [0.25, 0.3) is 5.91 Å². The molecule has 2 fully saturated rings. The van der Waals surface area contributed by atoms with Crippen LogP contribution < -0.4 is 0 Å². The molecular formula is C16H20N2O3. The van der Waals surface area contributed by atoms with E-state index in [0.717, 1.165) is 18.4 Å². The zero-order valence-corrected chi connectivity index (χ0v) is 12.4. The van der Waals surface area contributed by atoms with Gasteiger partial charge in [-0.15, -0.1) is 0 Å². The Morgan fingerprint density at radius 2 is 2.24 bits per heavy atom. The number of aliphatic carboxylic acids is 1. The smallest absolute Gasteiger partial charge is 0.311 e. The highest BCUT2D eigenvalue weighted by molar-refractivity contribution is 5.95. The largest absolute Gasteiger partial charge is 0.481 e. The first-order chi connectivity index (χ1) is 10.0. The molecule has 0 saturated carbocycles. The van der Waals surface area contributed by atoms with Crippen molar-refractivity contribution in [3.8, 4) is 0 Å². The molecule has 21 heavy (non-hydrogen) atoms. The van der Waals surface area contributed by atoms with Crippen molar-refractivity contribution in [2.75, 3.05) is 0 Å². The van der Waals surface area contributed by atoms with Crippen LogP contribution in [0.3, 0.4) is 0 Å². The van der Waals surface area contributed by atoms with Gasteiger partial charge in [-0.25, -0.2) is 0 Å². The van der Waals surface area contributed by atoms with E-state index >= 15 is 0 Å². The number of aromatic nitrogens is 1. The minimum absolute atomic E-state index is 0.0416. The molecule has 2 aliphatic rings. The quantitative estimate of drug-likeness (QED) is 0.926. The van der Waals surface area contributed by atoms with Crippen LogP contribution in [0.1, 0.15) is 48.7 Å². The van der Waals surface area contributed by atoms with Gasteiger partial charge in [-0.1, -0.05) is 13.0 Å². The van der Waals surface area contributed by atoms with Gasteiger partial charge in [0.15, 0.2) is 0 Å². The molecule has 2 saturated heterocycles. The van der Waals surface area contributed by atoms with Crippen LogP contribution in [0.15, 0.2) is 18.3 Å². The van der Waals surface area contributed by atoms with E-state index in [-0.39, 0.29) is 18.0 Å². The molecule has 5 heteroatoms. The van der Waals surface area contributed by atoms with Gasteiger partial charge in [-0.05, 0) is 44.2 Å². The van der Waals surface area contributed by atoms with Gasteiger partial charge in [0.05, 0.1) is 5.41 Å². The van der Waals surface area contributed by atoms with Gasteiger partial charge < -0.3 is 10.0 Å². The summed E-state index contributed by atoms with van der Waals surface area (Å²) in [6, 6.07) is 3.51. The van der Waals surface area contributed by atoms with Crippen molar-refractivity contribution in [3.05, 3.63) is 29.6 Å². The summed E-state index contributed by atoms with van der Waals surface area (Å²) in [4.78, 5) is 30.6. The number of rotatable bonds is 3. The van der Waals surface area contributed by atoms with Crippen molar-refractivity contribution in [2.45, 2.75) is 51.6 Å². The third-order valence-electron chi connectivity index (χ3n) is 5.24. The molecule has 1 aromatic rings. The molecule has 0 spiro atoms. The highest BCUT2D eigenvalue weighted by Crippen LogP contribution is 2.52. The zero-order chi connectivity index (χ0) is 15.2. The molecule has 3 atom stereocenters. The fraction of sp³-hybridized carbons (Fsp3) is 0.562. The first-order valence-electron chi connectivity index (χ1n) is 7.49. The highest BCUT2D eigenvalue weighted by atomic mass is 16.4. The van der Waals surface area contributed by atoms with Crippen LogP contribution in [-0.4, -0.2) is 39.0 Å². The summed E-state index contributed by atoms with van der Waals surface area (Å²) >= 11 is 0. The molecule has 0 radical (unpaired) electrons. The molecule has 112 valence electrons. The number of carboxylic acids is 1. The van der Waals surface area contributed by atoms with Gasteiger partial charge in [0.1, 0.15) is 5.69 Å². The maximum atomic E-state index is 12.8. The lowest BCUT2D eigenvalue weighted by atomic mass is 9.72. The van der Waals surface area contributed by atoms with Crippen LogP contribution in [0.5, 0.6) is 0 Å². The highest BCUT2D eigenvalue weighted by Gasteiger charge is 2.60. The van der Waals surface area contributed by atoms with E-state index in [2.05, 4.69) is 4.98 Å². The fourth-order valence-corrected chi connectivity index (χ4v) is 4.08. The SMILES string of the molecule is CC[C@@]1(C(=O)O)C[C@@H]2CC[C@H]1N2C(=O)c1ncccc1C. The first-order valence-corrected chi connectivity index (χ1v) is 7.49. The molecule has 1 aromatic heterocycles. The van der Waals surface area contributed by atoms with E-state index in [9.17, 15) is 14.7 Å². The summed E-state index contributed by atoms with van der Waals surface area (Å²) < 4.78 is 0. The van der Waals surface area contributed by atoms with Gasteiger partial charge in [-0.3, -0.25) is 14.6 Å². The van der Waals surface area contributed by atoms with Crippen molar-refractivity contribution >= 4 is 11.9 Å². The molecule has 3 heterocycles. The molecule has 5 nitrogen and oxygen atoms in total. The van der Waals surface area contributed by atoms with Crippen LogP contribution in [0.2, 0.25) is 0 Å². The lowest BCUT2D eigenvalue weighted by molar-refractivity contribution is -0.151. The number of carboxylic acid groups (broad SMARTS) is 1. The van der Waals surface area contributed by atoms with Crippen molar-refractivity contribution in [1.82, 2.24) is 9.88 Å². The second-order valence-electron chi connectivity index (χ2n) is 6.15. The van der Waals surface area contributed by atoms with Crippen LogP contribution in [0, 0.1) is 12.3 Å². The molecule has 3 rings (SSSR count). The minimum atomic E-state index is -0.777. The molecular weight excluding hydrogens is 268 g/mol. The third-order valence-corrected chi connectivity index (χ3v) is 5.24. The average Bonchev–Trinajstić information content (AvgIpc) is 3.03. The predicted octanol–water partition coefficient (Wildman–Crippen LogP) is 2.25. The number of hydrogen-bond acceptors (Lipinski definition) is 3. The van der Waals surface area contributed by atoms with Gasteiger partial charge in [0, 0.05) is 18.3 Å². The van der Waals surface area contributed by atoms with Crippen molar-refractivity contribution in [2.24, 2.45) is 5.41 Å². The number of fused-ring (bicyclic) bond motifs is 2. The van der Waals surface area contributed by atoms with Crippen molar-refractivity contribution < 1.29 is 14.7 Å². The number of aryl methyl sites for hydroxylation is 1. The fourth-order valence-electron chi connectivity index (χ4n) is 4.08. The topological polar surface area (TPSA) is 70.5 Å². The Morgan fingerprint density at radius 1 is 1.48 bits per heavy atom. The summed E-state index contributed by atoms with van der Waals surface area (Å²) in [5.41, 5.74) is 0.513. The normalized spacial score (nSPS) is 30.7. The molecule has 2 bridgehead atoms. The Hall–Kier alpha value is -1.91. The molecule has 0 aliphatic carbocycles. The number of hydrogen-bond donors (Lipinski definition) is 1. The number of amides is 1. The summed E-state index contributed by atoms with van der Waals surface area (Å²) in [7, 11) is 0. The number of carbonyl (C=O) groups is 2. The molecule has 0 aromatic carbocycles. The number of nitrogens with zero attached hydrogens (tertiary/aromatic N) is 2. The summed E-state index contributed by atoms with van der Waals surface area (Å²) in [6.07, 6.45) is 4.43. The maximum Gasteiger partial charge on any atom is 0.311 e. The average molecular weight is 288 g/mol. The lowest BCUT2D eigenvalue weighted by Crippen LogP contribution is -2.45. The monoisotopic (exact) mass is 288 g/mol. The van der Waals surface area contributed by atoms with Crippen LogP contribution in [0.4, 0.5) is 0 Å². The van der Waals surface area contributed by atoms with Crippen molar-refractivity contribution in [1.29, 1.82) is 0 Å². The van der Waals surface area contributed by atoms with Gasteiger partial charge in [-0.2, -0.15) is 0 Å². The minimum Gasteiger partial charge on any atom is -0.481 e. The first kappa shape index (κ1) is 14.0. The molecule has 1 N–H and O–H groups in total. The second kappa shape index (κ2) is 4.83. The van der Waals surface area contributed by atoms with Crippen LogP contribution in [-0.2, 0) is 4.79 Å². The van der Waals surface area contributed by atoms with E-state index in [0.29, 0.717) is 18.5 Å². The molecule has 0 unspecified atom stereocenters. The number of pyridine rings is 1. The standard InChI is InChI=1S/C16H20N2O3/c1-3-16(15(20)21)9-11-6-7-12(16)18(11)14(19)13-10(2)5-4-8-17-13/h4-5,8,11-12H,3,6-7,9H2,1-2H3,(H,20,21)/t11-,12+,16+/m0/s1.